The first-order chi connectivity index (χ1) is 8.49. The molecule has 2 atom stereocenters. The van der Waals surface area contributed by atoms with Crippen molar-refractivity contribution in [3.05, 3.63) is 0 Å². The van der Waals surface area contributed by atoms with E-state index in [-0.39, 0.29) is 18.0 Å². The number of ether oxygens (including phenoxy) is 1. The fourth-order valence-electron chi connectivity index (χ4n) is 2.54. The highest BCUT2D eigenvalue weighted by Crippen LogP contribution is 2.25. The number of rotatable bonds is 6. The molecule has 0 saturated carbocycles. The summed E-state index contributed by atoms with van der Waals surface area (Å²) in [5.74, 6) is 0.238. The molecule has 0 bridgehead atoms. The molecule has 104 valence electrons. The molecule has 0 aromatic carbocycles. The molecule has 0 N–H and O–H groups in total. The lowest BCUT2D eigenvalue weighted by molar-refractivity contribution is -0.157. The number of esters is 1. The van der Waals surface area contributed by atoms with Crippen LogP contribution in [0.1, 0.15) is 53.4 Å². The predicted octanol–water partition coefficient (Wildman–Crippen LogP) is 2.37. The molecular formula is C14H25NO3. The van der Waals surface area contributed by atoms with Crippen molar-refractivity contribution in [2.45, 2.75) is 65.5 Å². The Kier molecular flexibility index (Phi) is 5.63. The quantitative estimate of drug-likeness (QED) is 0.684. The summed E-state index contributed by atoms with van der Waals surface area (Å²) < 4.78 is 5.23. The summed E-state index contributed by atoms with van der Waals surface area (Å²) in [5.41, 5.74) is 0. The fraction of sp³-hybridized carbons (Fsp3) is 0.857. The van der Waals surface area contributed by atoms with Crippen LogP contribution in [0.3, 0.4) is 0 Å². The van der Waals surface area contributed by atoms with E-state index in [1.165, 1.54) is 0 Å². The molecular weight excluding hydrogens is 230 g/mol. The summed E-state index contributed by atoms with van der Waals surface area (Å²) in [6.07, 6.45) is 3.21. The minimum atomic E-state index is -0.401. The molecule has 0 spiro atoms. The minimum absolute atomic E-state index is 0.0982. The van der Waals surface area contributed by atoms with Crippen molar-refractivity contribution in [3.8, 4) is 0 Å². The first-order valence-corrected chi connectivity index (χ1v) is 6.99. The van der Waals surface area contributed by atoms with Gasteiger partial charge >= 0.3 is 5.97 Å². The highest BCUT2D eigenvalue weighted by Gasteiger charge is 2.37. The van der Waals surface area contributed by atoms with Crippen LogP contribution in [0.2, 0.25) is 0 Å². The maximum absolute atomic E-state index is 12.0. The topological polar surface area (TPSA) is 46.6 Å². The molecule has 18 heavy (non-hydrogen) atoms. The maximum Gasteiger partial charge on any atom is 0.329 e. The Morgan fingerprint density at radius 1 is 1.44 bits per heavy atom. The second-order valence-corrected chi connectivity index (χ2v) is 5.31. The molecule has 0 aromatic rings. The van der Waals surface area contributed by atoms with Crippen molar-refractivity contribution in [1.29, 1.82) is 0 Å². The third-order valence-electron chi connectivity index (χ3n) is 3.32. The molecule has 0 aromatic heterocycles. The van der Waals surface area contributed by atoms with Gasteiger partial charge in [0.1, 0.15) is 6.04 Å². The molecule has 1 saturated heterocycles. The van der Waals surface area contributed by atoms with E-state index in [1.807, 2.05) is 20.8 Å². The van der Waals surface area contributed by atoms with Gasteiger partial charge in [0.05, 0.1) is 6.10 Å². The van der Waals surface area contributed by atoms with Gasteiger partial charge in [0.2, 0.25) is 5.91 Å². The number of likely N-dealkylation sites (tertiary alicyclic amines) is 1. The number of carbonyl (C=O) groups excluding carboxylic acids is 2. The third kappa shape index (κ3) is 3.72. The molecule has 1 aliphatic heterocycles. The Labute approximate surface area is 110 Å². The van der Waals surface area contributed by atoms with E-state index in [0.29, 0.717) is 25.3 Å². The average Bonchev–Trinajstić information content (AvgIpc) is 2.60. The van der Waals surface area contributed by atoms with Gasteiger partial charge in [-0.25, -0.2) is 4.79 Å². The number of amides is 1. The van der Waals surface area contributed by atoms with Gasteiger partial charge in [-0.2, -0.15) is 0 Å². The van der Waals surface area contributed by atoms with E-state index in [2.05, 4.69) is 6.92 Å². The average molecular weight is 255 g/mol. The smallest absolute Gasteiger partial charge is 0.329 e. The lowest BCUT2D eigenvalue weighted by Gasteiger charge is -2.26. The number of hydrogen-bond donors (Lipinski definition) is 0. The summed E-state index contributed by atoms with van der Waals surface area (Å²) in [7, 11) is 0. The van der Waals surface area contributed by atoms with E-state index in [0.717, 1.165) is 12.8 Å². The zero-order valence-corrected chi connectivity index (χ0v) is 11.9. The van der Waals surface area contributed by atoms with Crippen LogP contribution in [0.4, 0.5) is 0 Å². The predicted molar refractivity (Wildman–Crippen MR) is 70.0 cm³/mol. The van der Waals surface area contributed by atoms with Crippen molar-refractivity contribution in [3.63, 3.8) is 0 Å². The van der Waals surface area contributed by atoms with E-state index in [9.17, 15) is 9.59 Å². The molecule has 0 aliphatic carbocycles. The van der Waals surface area contributed by atoms with Crippen LogP contribution >= 0.6 is 0 Å². The second kappa shape index (κ2) is 6.76. The Hall–Kier alpha value is -1.06. The Bertz CT molecular complexity index is 301. The van der Waals surface area contributed by atoms with Crippen LogP contribution in [0.5, 0.6) is 0 Å². The summed E-state index contributed by atoms with van der Waals surface area (Å²) in [4.78, 5) is 25.6. The SMILES string of the molecule is CCC[C@H]1CC(=O)N([C@@H](CC)C(=O)OC(C)C)C1. The zero-order valence-electron chi connectivity index (χ0n) is 11.9. The van der Waals surface area contributed by atoms with Gasteiger partial charge in [0, 0.05) is 13.0 Å². The molecule has 4 nitrogen and oxygen atoms in total. The molecule has 0 radical (unpaired) electrons. The van der Waals surface area contributed by atoms with Crippen molar-refractivity contribution in [1.82, 2.24) is 4.90 Å². The highest BCUT2D eigenvalue weighted by molar-refractivity contribution is 5.86. The van der Waals surface area contributed by atoms with Gasteiger partial charge in [-0.05, 0) is 32.6 Å². The van der Waals surface area contributed by atoms with Gasteiger partial charge in [-0.1, -0.05) is 20.3 Å². The molecule has 1 fully saturated rings. The van der Waals surface area contributed by atoms with Gasteiger partial charge in [0.15, 0.2) is 0 Å². The molecule has 1 amide bonds. The lowest BCUT2D eigenvalue weighted by Crippen LogP contribution is -2.43. The molecule has 0 unspecified atom stereocenters. The normalized spacial score (nSPS) is 21.5. The van der Waals surface area contributed by atoms with Crippen LogP contribution in [0.25, 0.3) is 0 Å². The van der Waals surface area contributed by atoms with Crippen molar-refractivity contribution in [2.75, 3.05) is 6.54 Å². The molecule has 4 heteroatoms. The van der Waals surface area contributed by atoms with Gasteiger partial charge in [-0.3, -0.25) is 4.79 Å². The Morgan fingerprint density at radius 3 is 2.61 bits per heavy atom. The van der Waals surface area contributed by atoms with Gasteiger partial charge in [0.25, 0.3) is 0 Å². The van der Waals surface area contributed by atoms with Crippen LogP contribution in [0, 0.1) is 5.92 Å². The van der Waals surface area contributed by atoms with Crippen molar-refractivity contribution in [2.24, 2.45) is 5.92 Å². The summed E-state index contributed by atoms with van der Waals surface area (Å²) >= 11 is 0. The lowest BCUT2D eigenvalue weighted by atomic mass is 10.0. The second-order valence-electron chi connectivity index (χ2n) is 5.31. The highest BCUT2D eigenvalue weighted by atomic mass is 16.5. The van der Waals surface area contributed by atoms with Gasteiger partial charge < -0.3 is 9.64 Å². The monoisotopic (exact) mass is 255 g/mol. The Morgan fingerprint density at radius 2 is 2.11 bits per heavy atom. The number of hydrogen-bond acceptors (Lipinski definition) is 3. The maximum atomic E-state index is 12.0. The van der Waals surface area contributed by atoms with E-state index >= 15 is 0 Å². The van der Waals surface area contributed by atoms with Gasteiger partial charge in [-0.15, -0.1) is 0 Å². The van der Waals surface area contributed by atoms with E-state index in [4.69, 9.17) is 4.74 Å². The first-order valence-electron chi connectivity index (χ1n) is 6.99. The van der Waals surface area contributed by atoms with E-state index in [1.54, 1.807) is 4.90 Å². The van der Waals surface area contributed by atoms with Crippen molar-refractivity contribution < 1.29 is 14.3 Å². The van der Waals surface area contributed by atoms with E-state index < -0.39 is 6.04 Å². The molecule has 1 rings (SSSR count). The fourth-order valence-corrected chi connectivity index (χ4v) is 2.54. The number of nitrogens with zero attached hydrogens (tertiary/aromatic N) is 1. The minimum Gasteiger partial charge on any atom is -0.461 e. The van der Waals surface area contributed by atoms with Crippen LogP contribution in [-0.4, -0.2) is 35.5 Å². The van der Waals surface area contributed by atoms with Crippen LogP contribution in [-0.2, 0) is 14.3 Å². The summed E-state index contributed by atoms with van der Waals surface area (Å²) in [6, 6.07) is -0.401. The standard InChI is InChI=1S/C14H25NO3/c1-5-7-11-8-13(16)15(9-11)12(6-2)14(17)18-10(3)4/h10-12H,5-9H2,1-4H3/t11-,12-/m0/s1. The first kappa shape index (κ1) is 15.0. The number of carbonyl (C=O) groups is 2. The zero-order chi connectivity index (χ0) is 13.7. The summed E-state index contributed by atoms with van der Waals surface area (Å²) in [5, 5.41) is 0. The van der Waals surface area contributed by atoms with Crippen LogP contribution < -0.4 is 0 Å². The summed E-state index contributed by atoms with van der Waals surface area (Å²) in [6.45, 7) is 8.41. The Balaban J connectivity index is 2.65. The third-order valence-corrected chi connectivity index (χ3v) is 3.32. The molecule has 1 aliphatic rings. The van der Waals surface area contributed by atoms with Crippen molar-refractivity contribution >= 4 is 11.9 Å². The van der Waals surface area contributed by atoms with Crippen LogP contribution in [0.15, 0.2) is 0 Å². The largest absolute Gasteiger partial charge is 0.461 e. The molecule has 1 heterocycles.